The zero-order chi connectivity index (χ0) is 27.7. The first-order chi connectivity index (χ1) is 17.8. The van der Waals surface area contributed by atoms with Gasteiger partial charge in [0.2, 0.25) is 0 Å². The summed E-state index contributed by atoms with van der Waals surface area (Å²) >= 11 is 0. The Hall–Kier alpha value is -2.80. The van der Waals surface area contributed by atoms with Gasteiger partial charge in [-0.1, -0.05) is 23.8 Å². The second-order valence-electron chi connectivity index (χ2n) is 8.91. The highest BCUT2D eigenvalue weighted by Crippen LogP contribution is 2.38. The molecule has 3 N–H and O–H groups in total. The number of rotatable bonds is 8. The highest BCUT2D eigenvalue weighted by atomic mass is 31.2. The number of hydrogen-bond acceptors (Lipinski definition) is 6. The van der Waals surface area contributed by atoms with Gasteiger partial charge in [-0.3, -0.25) is 14.7 Å². The van der Waals surface area contributed by atoms with Gasteiger partial charge in [-0.05, 0) is 49.2 Å². The number of imidazole rings is 1. The lowest BCUT2D eigenvalue weighted by molar-refractivity contribution is -0.231. The maximum absolute atomic E-state index is 13.7. The van der Waals surface area contributed by atoms with Gasteiger partial charge in [0, 0.05) is 13.1 Å². The molecule has 38 heavy (non-hydrogen) atoms. The molecule has 1 saturated heterocycles. The van der Waals surface area contributed by atoms with E-state index in [1.54, 1.807) is 32.0 Å². The van der Waals surface area contributed by atoms with Crippen molar-refractivity contribution in [3.63, 3.8) is 0 Å². The Kier molecular flexibility index (Phi) is 8.26. The number of alkyl halides is 3. The Balaban J connectivity index is 1.60. The number of aromatic amines is 1. The number of hydrogen-bond donors (Lipinski definition) is 3. The molecule has 0 unspecified atom stereocenters. The number of nitrogens with zero attached hydrogens (tertiary/aromatic N) is 2. The molecule has 0 amide bonds. The van der Waals surface area contributed by atoms with Crippen LogP contribution in [0.1, 0.15) is 47.0 Å². The van der Waals surface area contributed by atoms with Crippen molar-refractivity contribution >= 4 is 7.82 Å². The van der Waals surface area contributed by atoms with E-state index in [0.29, 0.717) is 28.9 Å². The fourth-order valence-electron chi connectivity index (χ4n) is 4.29. The van der Waals surface area contributed by atoms with E-state index in [2.05, 4.69) is 14.5 Å². The van der Waals surface area contributed by atoms with Gasteiger partial charge in [0.05, 0.1) is 36.2 Å². The molecule has 0 bridgehead atoms. The first-order valence-corrected chi connectivity index (χ1v) is 13.1. The summed E-state index contributed by atoms with van der Waals surface area (Å²) in [5.41, 5.74) is 1.07. The van der Waals surface area contributed by atoms with E-state index in [1.807, 2.05) is 4.90 Å². The Labute approximate surface area is 215 Å². The van der Waals surface area contributed by atoms with E-state index in [1.165, 1.54) is 18.3 Å². The zero-order valence-electron chi connectivity index (χ0n) is 20.4. The summed E-state index contributed by atoms with van der Waals surface area (Å²) in [5.74, 6) is -0.449. The largest absolute Gasteiger partial charge is 0.527 e. The minimum Gasteiger partial charge on any atom is -0.370 e. The van der Waals surface area contributed by atoms with Crippen LogP contribution in [0, 0.1) is 12.7 Å². The average molecular weight is 559 g/mol. The van der Waals surface area contributed by atoms with Crippen LogP contribution in [-0.4, -0.2) is 44.1 Å². The molecule has 0 radical (unpaired) electrons. The van der Waals surface area contributed by atoms with Gasteiger partial charge < -0.3 is 19.0 Å². The summed E-state index contributed by atoms with van der Waals surface area (Å²) in [6, 6.07) is 8.43. The third-order valence-corrected chi connectivity index (χ3v) is 6.35. The topological polar surface area (TPSA) is 117 Å². The number of nitrogens with one attached hydrogen (secondary N) is 1. The van der Waals surface area contributed by atoms with E-state index in [9.17, 15) is 22.1 Å². The summed E-state index contributed by atoms with van der Waals surface area (Å²) in [6.07, 6.45) is -4.87. The lowest BCUT2D eigenvalue weighted by Crippen LogP contribution is -2.46. The average Bonchev–Trinajstić information content (AvgIpc) is 3.24. The van der Waals surface area contributed by atoms with Crippen LogP contribution in [0.3, 0.4) is 0 Å². The molecule has 4 rings (SSSR count). The quantitative estimate of drug-likeness (QED) is 0.260. The maximum Gasteiger partial charge on any atom is 0.527 e. The molecule has 1 fully saturated rings. The predicted molar refractivity (Wildman–Crippen MR) is 126 cm³/mol. The van der Waals surface area contributed by atoms with Crippen LogP contribution in [-0.2, 0) is 26.8 Å². The molecule has 1 aliphatic rings. The van der Waals surface area contributed by atoms with Crippen LogP contribution in [0.2, 0.25) is 0 Å². The van der Waals surface area contributed by atoms with Gasteiger partial charge in [0.1, 0.15) is 5.82 Å². The molecule has 3 aromatic rings. The number of aromatic nitrogens is 2. The van der Waals surface area contributed by atoms with Crippen molar-refractivity contribution in [1.29, 1.82) is 0 Å². The van der Waals surface area contributed by atoms with Crippen LogP contribution in [0.5, 0.6) is 6.01 Å². The number of phosphoric acid groups is 1. The smallest absolute Gasteiger partial charge is 0.370 e. The van der Waals surface area contributed by atoms with Gasteiger partial charge >= 0.3 is 20.0 Å². The normalized spacial score (nSPS) is 19.9. The van der Waals surface area contributed by atoms with E-state index >= 15 is 0 Å². The Bertz CT molecular complexity index is 1300. The number of halogens is 4. The monoisotopic (exact) mass is 559 g/mol. The predicted octanol–water partition coefficient (Wildman–Crippen LogP) is 5.02. The van der Waals surface area contributed by atoms with E-state index < -0.39 is 43.8 Å². The van der Waals surface area contributed by atoms with Crippen molar-refractivity contribution in [1.82, 2.24) is 14.9 Å². The standard InChI is InChI=1S/C24H26F4N3O6P/c1-14-9-17(11-18(10-14)24(26,27)28)15(2)36-22-21(16-3-5-19(25)6-4-16)31(7-8-35-22)13-20-12-29-23(30-20)37-38(32,33)34/h3-6,9-12,15,21-22H,7-8,13H2,1-2H3,(H,29,30)(H2,32,33,34)/t15-,21+,22-/m1/s1. The molecule has 206 valence electrons. The van der Waals surface area contributed by atoms with E-state index in [0.717, 1.165) is 12.1 Å². The molecule has 2 aromatic carbocycles. The summed E-state index contributed by atoms with van der Waals surface area (Å²) in [6.45, 7) is 4.00. The molecule has 14 heteroatoms. The van der Waals surface area contributed by atoms with Gasteiger partial charge in [0.25, 0.3) is 0 Å². The van der Waals surface area contributed by atoms with Crippen molar-refractivity contribution in [2.24, 2.45) is 0 Å². The number of morpholine rings is 1. The lowest BCUT2D eigenvalue weighted by Gasteiger charge is -2.42. The van der Waals surface area contributed by atoms with Gasteiger partial charge in [0.15, 0.2) is 6.29 Å². The number of benzene rings is 2. The second-order valence-corrected chi connectivity index (χ2v) is 10.1. The SMILES string of the molecule is Cc1cc([C@@H](C)O[C@H]2OCCN(Cc3cnc(OP(=O)(O)O)[nH]3)[C@H]2c2ccc(F)cc2)cc(C(F)(F)F)c1. The first-order valence-electron chi connectivity index (χ1n) is 11.5. The fourth-order valence-corrected chi connectivity index (χ4v) is 4.61. The Morgan fingerprint density at radius 1 is 1.24 bits per heavy atom. The molecule has 2 heterocycles. The van der Waals surface area contributed by atoms with Crippen LogP contribution in [0.4, 0.5) is 17.6 Å². The molecule has 9 nitrogen and oxygen atoms in total. The molecule has 3 atom stereocenters. The lowest BCUT2D eigenvalue weighted by atomic mass is 10.0. The highest BCUT2D eigenvalue weighted by molar-refractivity contribution is 7.46. The summed E-state index contributed by atoms with van der Waals surface area (Å²) < 4.78 is 81.4. The van der Waals surface area contributed by atoms with Crippen molar-refractivity contribution in [2.75, 3.05) is 13.2 Å². The Morgan fingerprint density at radius 3 is 2.61 bits per heavy atom. The van der Waals surface area contributed by atoms with Crippen LogP contribution >= 0.6 is 7.82 Å². The molecular formula is C24H26F4N3O6P. The van der Waals surface area contributed by atoms with Gasteiger partial charge in [-0.2, -0.15) is 13.2 Å². The van der Waals surface area contributed by atoms with Gasteiger partial charge in [-0.15, -0.1) is 0 Å². The van der Waals surface area contributed by atoms with Crippen molar-refractivity contribution < 1.29 is 45.9 Å². The van der Waals surface area contributed by atoms with Crippen molar-refractivity contribution in [3.05, 3.63) is 82.4 Å². The van der Waals surface area contributed by atoms with Crippen molar-refractivity contribution in [3.8, 4) is 6.01 Å². The fraction of sp³-hybridized carbons (Fsp3) is 0.375. The van der Waals surface area contributed by atoms with Gasteiger partial charge in [-0.25, -0.2) is 13.9 Å². The molecule has 1 aromatic heterocycles. The van der Waals surface area contributed by atoms with Crippen LogP contribution in [0.25, 0.3) is 0 Å². The van der Waals surface area contributed by atoms with E-state index in [-0.39, 0.29) is 19.2 Å². The zero-order valence-corrected chi connectivity index (χ0v) is 21.2. The highest BCUT2D eigenvalue weighted by Gasteiger charge is 2.37. The molecular weight excluding hydrogens is 533 g/mol. The number of phosphoric ester groups is 1. The molecule has 0 spiro atoms. The number of H-pyrrole nitrogens is 1. The van der Waals surface area contributed by atoms with E-state index in [4.69, 9.17) is 19.3 Å². The number of ether oxygens (including phenoxy) is 2. The molecule has 1 aliphatic heterocycles. The third-order valence-electron chi connectivity index (χ3n) is 5.94. The maximum atomic E-state index is 13.7. The Morgan fingerprint density at radius 2 is 1.95 bits per heavy atom. The number of aryl methyl sites for hydroxylation is 1. The minimum atomic E-state index is -4.81. The first kappa shape index (κ1) is 28.2. The third kappa shape index (κ3) is 7.19. The summed E-state index contributed by atoms with van der Waals surface area (Å²) in [4.78, 5) is 26.4. The second kappa shape index (κ2) is 11.1. The van der Waals surface area contributed by atoms with Crippen LogP contribution < -0.4 is 4.52 Å². The summed E-state index contributed by atoms with van der Waals surface area (Å²) in [7, 11) is -4.81. The summed E-state index contributed by atoms with van der Waals surface area (Å²) in [5, 5.41) is 0. The molecule has 0 aliphatic carbocycles. The minimum absolute atomic E-state index is 0.194. The van der Waals surface area contributed by atoms with Crippen molar-refractivity contribution in [2.45, 2.75) is 45.0 Å². The van der Waals surface area contributed by atoms with Crippen LogP contribution in [0.15, 0.2) is 48.7 Å². The molecule has 0 saturated carbocycles.